The largest absolute Gasteiger partial charge is 0.508 e. The highest BCUT2D eigenvalue weighted by Crippen LogP contribution is 2.29. The normalized spacial score (nSPS) is 11.6. The van der Waals surface area contributed by atoms with Crippen LogP contribution >= 0.6 is 11.6 Å². The van der Waals surface area contributed by atoms with Gasteiger partial charge in [0.15, 0.2) is 0 Å². The second-order valence-electron chi connectivity index (χ2n) is 4.89. The average Bonchev–Trinajstić information content (AvgIpc) is 2.47. The van der Waals surface area contributed by atoms with Crippen molar-refractivity contribution in [3.8, 4) is 5.75 Å². The predicted molar refractivity (Wildman–Crippen MR) is 87.8 cm³/mol. The van der Waals surface area contributed by atoms with E-state index in [-0.39, 0.29) is 16.5 Å². The molecule has 7 heteroatoms. The highest BCUT2D eigenvalue weighted by Gasteiger charge is 2.20. The van der Waals surface area contributed by atoms with Gasteiger partial charge in [0.05, 0.1) is 5.69 Å². The third-order valence-electron chi connectivity index (χ3n) is 3.29. The van der Waals surface area contributed by atoms with Gasteiger partial charge in [-0.3, -0.25) is 4.72 Å². The third kappa shape index (κ3) is 3.09. The van der Waals surface area contributed by atoms with Gasteiger partial charge in [0.1, 0.15) is 16.5 Å². The van der Waals surface area contributed by atoms with Gasteiger partial charge in [-0.15, -0.1) is 0 Å². The molecule has 0 unspecified atom stereocenters. The van der Waals surface area contributed by atoms with E-state index in [4.69, 9.17) is 11.6 Å². The Morgan fingerprint density at radius 3 is 2.57 bits per heavy atom. The number of aromatic hydroxyl groups is 1. The lowest BCUT2D eigenvalue weighted by Gasteiger charge is -2.11. The van der Waals surface area contributed by atoms with Gasteiger partial charge < -0.3 is 5.11 Å². The molecule has 0 atom stereocenters. The molecule has 0 aliphatic heterocycles. The van der Waals surface area contributed by atoms with Gasteiger partial charge in [-0.1, -0.05) is 29.8 Å². The standard InChI is InChI=1S/C16H11ClFNO3S/c17-11-5-7-16(14(18)8-11)23(21,22)19-15-3-1-2-10-4-6-12(20)9-13(10)15/h1-9,19-20H. The number of anilines is 1. The Balaban J connectivity index is 2.09. The van der Waals surface area contributed by atoms with Gasteiger partial charge in [0.25, 0.3) is 10.0 Å². The van der Waals surface area contributed by atoms with Crippen molar-refractivity contribution in [2.75, 3.05) is 4.72 Å². The lowest BCUT2D eigenvalue weighted by atomic mass is 10.1. The Labute approximate surface area is 137 Å². The van der Waals surface area contributed by atoms with E-state index in [0.717, 1.165) is 17.5 Å². The first-order valence-electron chi connectivity index (χ1n) is 6.56. The summed E-state index contributed by atoms with van der Waals surface area (Å²) in [5, 5.41) is 10.9. The van der Waals surface area contributed by atoms with Crippen molar-refractivity contribution >= 4 is 38.1 Å². The van der Waals surface area contributed by atoms with Crippen LogP contribution in [0.4, 0.5) is 10.1 Å². The smallest absolute Gasteiger partial charge is 0.264 e. The lowest BCUT2D eigenvalue weighted by molar-refractivity contribution is 0.476. The van der Waals surface area contributed by atoms with E-state index in [1.165, 1.54) is 24.3 Å². The summed E-state index contributed by atoms with van der Waals surface area (Å²) in [4.78, 5) is -0.501. The van der Waals surface area contributed by atoms with E-state index >= 15 is 0 Å². The Morgan fingerprint density at radius 2 is 1.83 bits per heavy atom. The quantitative estimate of drug-likeness (QED) is 0.745. The van der Waals surface area contributed by atoms with Crippen LogP contribution in [0.2, 0.25) is 5.02 Å². The number of hydrogen-bond donors (Lipinski definition) is 2. The maximum Gasteiger partial charge on any atom is 0.264 e. The van der Waals surface area contributed by atoms with Crippen molar-refractivity contribution in [1.82, 2.24) is 0 Å². The van der Waals surface area contributed by atoms with Crippen molar-refractivity contribution in [3.05, 3.63) is 65.4 Å². The summed E-state index contributed by atoms with van der Waals surface area (Å²) >= 11 is 5.64. The summed E-state index contributed by atoms with van der Waals surface area (Å²) < 4.78 is 41.0. The number of hydrogen-bond acceptors (Lipinski definition) is 3. The highest BCUT2D eigenvalue weighted by molar-refractivity contribution is 7.92. The molecule has 4 nitrogen and oxygen atoms in total. The molecule has 0 bridgehead atoms. The van der Waals surface area contributed by atoms with Gasteiger partial charge in [-0.25, -0.2) is 12.8 Å². The molecule has 3 aromatic rings. The molecule has 0 radical (unpaired) electrons. The highest BCUT2D eigenvalue weighted by atomic mass is 35.5. The molecule has 3 aromatic carbocycles. The molecule has 0 fully saturated rings. The van der Waals surface area contributed by atoms with E-state index in [9.17, 15) is 17.9 Å². The third-order valence-corrected chi connectivity index (χ3v) is 4.93. The second-order valence-corrected chi connectivity index (χ2v) is 6.98. The van der Waals surface area contributed by atoms with Crippen LogP contribution in [0.25, 0.3) is 10.8 Å². The minimum absolute atomic E-state index is 0.00169. The van der Waals surface area contributed by atoms with E-state index < -0.39 is 20.7 Å². The fraction of sp³-hybridized carbons (Fsp3) is 0. The van der Waals surface area contributed by atoms with E-state index in [2.05, 4.69) is 4.72 Å². The monoisotopic (exact) mass is 351 g/mol. The Kier molecular flexibility index (Phi) is 3.87. The van der Waals surface area contributed by atoms with Crippen LogP contribution in [0, 0.1) is 5.82 Å². The molecular formula is C16H11ClFNO3S. The fourth-order valence-electron chi connectivity index (χ4n) is 2.24. The number of nitrogens with one attached hydrogen (secondary N) is 1. The maximum absolute atomic E-state index is 13.9. The fourth-order valence-corrected chi connectivity index (χ4v) is 3.54. The number of phenols is 1. The number of rotatable bonds is 3. The van der Waals surface area contributed by atoms with Crippen LogP contribution in [-0.2, 0) is 10.0 Å². The second kappa shape index (κ2) is 5.72. The SMILES string of the molecule is O=S(=O)(Nc1cccc2ccc(O)cc12)c1ccc(Cl)cc1F. The topological polar surface area (TPSA) is 66.4 Å². The predicted octanol–water partition coefficient (Wildman–Crippen LogP) is 4.14. The molecule has 2 N–H and O–H groups in total. The van der Waals surface area contributed by atoms with Gasteiger partial charge in [0, 0.05) is 10.4 Å². The number of phenolic OH excluding ortho intramolecular Hbond substituents is 1. The molecule has 0 aliphatic carbocycles. The van der Waals surface area contributed by atoms with Crippen molar-refractivity contribution in [3.63, 3.8) is 0 Å². The summed E-state index contributed by atoms with van der Waals surface area (Å²) in [7, 11) is -4.13. The van der Waals surface area contributed by atoms with E-state index in [0.29, 0.717) is 5.39 Å². The molecule has 0 spiro atoms. The molecule has 23 heavy (non-hydrogen) atoms. The molecule has 0 heterocycles. The van der Waals surface area contributed by atoms with Crippen LogP contribution in [0.3, 0.4) is 0 Å². The Hall–Kier alpha value is -2.31. The van der Waals surface area contributed by atoms with Crippen molar-refractivity contribution < 1.29 is 17.9 Å². The summed E-state index contributed by atoms with van der Waals surface area (Å²) in [6.07, 6.45) is 0. The molecule has 118 valence electrons. The first-order chi connectivity index (χ1) is 10.9. The molecular weight excluding hydrogens is 341 g/mol. The lowest BCUT2D eigenvalue weighted by Crippen LogP contribution is -2.14. The Bertz CT molecular complexity index is 1010. The van der Waals surface area contributed by atoms with Crippen molar-refractivity contribution in [1.29, 1.82) is 0 Å². The Morgan fingerprint density at radius 1 is 1.04 bits per heavy atom. The summed E-state index contributed by atoms with van der Waals surface area (Å²) in [5.74, 6) is -0.935. The van der Waals surface area contributed by atoms with Crippen LogP contribution in [-0.4, -0.2) is 13.5 Å². The summed E-state index contributed by atoms with van der Waals surface area (Å²) in [6.45, 7) is 0. The molecule has 0 amide bonds. The molecule has 0 saturated carbocycles. The van der Waals surface area contributed by atoms with Crippen LogP contribution in [0.15, 0.2) is 59.5 Å². The zero-order valence-electron chi connectivity index (χ0n) is 11.6. The van der Waals surface area contributed by atoms with Crippen LogP contribution in [0.5, 0.6) is 5.75 Å². The molecule has 3 rings (SSSR count). The van der Waals surface area contributed by atoms with Gasteiger partial charge >= 0.3 is 0 Å². The zero-order chi connectivity index (χ0) is 16.6. The van der Waals surface area contributed by atoms with E-state index in [1.807, 2.05) is 0 Å². The zero-order valence-corrected chi connectivity index (χ0v) is 13.2. The number of fused-ring (bicyclic) bond motifs is 1. The van der Waals surface area contributed by atoms with Gasteiger partial charge in [-0.05, 0) is 41.8 Å². The minimum Gasteiger partial charge on any atom is -0.508 e. The summed E-state index contributed by atoms with van der Waals surface area (Å²) in [6, 6.07) is 12.9. The van der Waals surface area contributed by atoms with Crippen molar-refractivity contribution in [2.24, 2.45) is 0 Å². The molecule has 0 aromatic heterocycles. The number of halogens is 2. The first kappa shape index (κ1) is 15.6. The van der Waals surface area contributed by atoms with Gasteiger partial charge in [0.2, 0.25) is 0 Å². The molecule has 0 aliphatic rings. The van der Waals surface area contributed by atoms with E-state index in [1.54, 1.807) is 18.2 Å². The average molecular weight is 352 g/mol. The maximum atomic E-state index is 13.9. The summed E-state index contributed by atoms with van der Waals surface area (Å²) in [5.41, 5.74) is 0.243. The minimum atomic E-state index is -4.13. The first-order valence-corrected chi connectivity index (χ1v) is 8.42. The molecule has 0 saturated heterocycles. The van der Waals surface area contributed by atoms with Gasteiger partial charge in [-0.2, -0.15) is 0 Å². The van der Waals surface area contributed by atoms with Crippen LogP contribution < -0.4 is 4.72 Å². The van der Waals surface area contributed by atoms with Crippen molar-refractivity contribution in [2.45, 2.75) is 4.90 Å². The number of benzene rings is 3. The van der Waals surface area contributed by atoms with Crippen LogP contribution in [0.1, 0.15) is 0 Å². The number of sulfonamides is 1.